The van der Waals surface area contributed by atoms with Crippen molar-refractivity contribution in [2.45, 2.75) is 6.92 Å². The zero-order valence-corrected chi connectivity index (χ0v) is 16.4. The SMILES string of the molecule is Cc1ccc(C(=O)Oc2c(Br)c(Br)cc3cc(C(=O)O)c(=O)oc23)cc1. The van der Waals surface area contributed by atoms with Crippen LogP contribution in [0.5, 0.6) is 5.75 Å². The summed E-state index contributed by atoms with van der Waals surface area (Å²) in [5, 5.41) is 9.36. The standard InChI is InChI=1S/C18H10Br2O6/c1-8-2-4-9(5-3-8)17(23)26-15-13(20)12(19)7-10-6-11(16(21)22)18(24)25-14(10)15/h2-7H,1H3,(H,21,22). The first-order valence-electron chi connectivity index (χ1n) is 7.26. The lowest BCUT2D eigenvalue weighted by Gasteiger charge is -2.11. The second-order valence-corrected chi connectivity index (χ2v) is 7.08. The Labute approximate surface area is 163 Å². The molecule has 1 heterocycles. The van der Waals surface area contributed by atoms with Crippen molar-refractivity contribution in [2.24, 2.45) is 0 Å². The number of fused-ring (bicyclic) bond motifs is 1. The van der Waals surface area contributed by atoms with Crippen LogP contribution in [0.25, 0.3) is 11.0 Å². The normalized spacial score (nSPS) is 10.7. The van der Waals surface area contributed by atoms with Crippen LogP contribution < -0.4 is 10.4 Å². The van der Waals surface area contributed by atoms with E-state index in [4.69, 9.17) is 14.3 Å². The lowest BCUT2D eigenvalue weighted by molar-refractivity contribution is 0.0688. The van der Waals surface area contributed by atoms with Gasteiger partial charge in [0, 0.05) is 9.86 Å². The molecule has 0 amide bonds. The van der Waals surface area contributed by atoms with Crippen LogP contribution in [0, 0.1) is 6.92 Å². The van der Waals surface area contributed by atoms with E-state index in [2.05, 4.69) is 31.9 Å². The van der Waals surface area contributed by atoms with E-state index < -0.39 is 23.1 Å². The molecule has 3 aromatic rings. The van der Waals surface area contributed by atoms with Crippen molar-refractivity contribution in [3.05, 3.63) is 72.5 Å². The number of aryl methyl sites for hydroxylation is 1. The second-order valence-electron chi connectivity index (χ2n) is 5.43. The molecular formula is C18H10Br2O6. The van der Waals surface area contributed by atoms with Crippen molar-refractivity contribution in [2.75, 3.05) is 0 Å². The Kier molecular flexibility index (Phi) is 4.97. The van der Waals surface area contributed by atoms with Crippen molar-refractivity contribution in [3.8, 4) is 5.75 Å². The highest BCUT2D eigenvalue weighted by Gasteiger charge is 2.21. The molecule has 3 rings (SSSR count). The van der Waals surface area contributed by atoms with Crippen LogP contribution in [0.1, 0.15) is 26.3 Å². The number of hydrogen-bond donors (Lipinski definition) is 1. The molecule has 0 bridgehead atoms. The van der Waals surface area contributed by atoms with Crippen LogP contribution in [-0.2, 0) is 0 Å². The Bertz CT molecular complexity index is 1100. The number of carbonyl (C=O) groups excluding carboxylic acids is 1. The Morgan fingerprint density at radius 1 is 1.12 bits per heavy atom. The van der Waals surface area contributed by atoms with Gasteiger partial charge in [0.2, 0.25) is 0 Å². The van der Waals surface area contributed by atoms with Gasteiger partial charge in [0.25, 0.3) is 0 Å². The van der Waals surface area contributed by atoms with Gasteiger partial charge in [-0.3, -0.25) is 0 Å². The highest BCUT2D eigenvalue weighted by molar-refractivity contribution is 9.13. The molecular weight excluding hydrogens is 472 g/mol. The van der Waals surface area contributed by atoms with Gasteiger partial charge in [0.15, 0.2) is 11.3 Å². The maximum absolute atomic E-state index is 12.4. The molecule has 8 heteroatoms. The molecule has 26 heavy (non-hydrogen) atoms. The number of rotatable bonds is 3. The first-order valence-corrected chi connectivity index (χ1v) is 8.84. The lowest BCUT2D eigenvalue weighted by atomic mass is 10.1. The average molecular weight is 482 g/mol. The molecule has 6 nitrogen and oxygen atoms in total. The molecule has 0 spiro atoms. The summed E-state index contributed by atoms with van der Waals surface area (Å²) < 4.78 is 11.4. The van der Waals surface area contributed by atoms with E-state index in [1.165, 1.54) is 6.07 Å². The fourth-order valence-corrected chi connectivity index (χ4v) is 3.06. The Balaban J connectivity index is 2.15. The number of esters is 1. The van der Waals surface area contributed by atoms with Gasteiger partial charge in [-0.2, -0.15) is 0 Å². The van der Waals surface area contributed by atoms with Gasteiger partial charge in [-0.15, -0.1) is 0 Å². The number of hydrogen-bond acceptors (Lipinski definition) is 5. The van der Waals surface area contributed by atoms with E-state index in [0.29, 0.717) is 19.9 Å². The largest absolute Gasteiger partial charge is 0.477 e. The van der Waals surface area contributed by atoms with Crippen LogP contribution in [0.15, 0.2) is 54.6 Å². The monoisotopic (exact) mass is 480 g/mol. The molecule has 0 fully saturated rings. The van der Waals surface area contributed by atoms with Gasteiger partial charge < -0.3 is 14.3 Å². The smallest absolute Gasteiger partial charge is 0.351 e. The quantitative estimate of drug-likeness (QED) is 0.335. The topological polar surface area (TPSA) is 93.8 Å². The van der Waals surface area contributed by atoms with Crippen LogP contribution in [0.4, 0.5) is 0 Å². The molecule has 0 unspecified atom stereocenters. The zero-order valence-electron chi connectivity index (χ0n) is 13.2. The molecule has 0 aliphatic heterocycles. The van der Waals surface area contributed by atoms with Gasteiger partial charge >= 0.3 is 17.6 Å². The van der Waals surface area contributed by atoms with E-state index in [-0.39, 0.29) is 11.3 Å². The third kappa shape index (κ3) is 3.42. The average Bonchev–Trinajstić information content (AvgIpc) is 2.59. The highest BCUT2D eigenvalue weighted by Crippen LogP contribution is 2.39. The number of aromatic carboxylic acids is 1. The predicted molar refractivity (Wildman–Crippen MR) is 101 cm³/mol. The highest BCUT2D eigenvalue weighted by atomic mass is 79.9. The molecule has 1 N–H and O–H groups in total. The minimum Gasteiger partial charge on any atom is -0.477 e. The first-order chi connectivity index (χ1) is 12.3. The summed E-state index contributed by atoms with van der Waals surface area (Å²) in [6.07, 6.45) is 0. The van der Waals surface area contributed by atoms with E-state index >= 15 is 0 Å². The Morgan fingerprint density at radius 2 is 1.77 bits per heavy atom. The van der Waals surface area contributed by atoms with E-state index in [0.717, 1.165) is 5.56 Å². The van der Waals surface area contributed by atoms with Crippen molar-refractivity contribution >= 4 is 54.8 Å². The lowest BCUT2D eigenvalue weighted by Crippen LogP contribution is -2.14. The number of carbonyl (C=O) groups is 2. The predicted octanol–water partition coefficient (Wildman–Crippen LogP) is 4.54. The molecule has 0 atom stereocenters. The molecule has 0 aliphatic rings. The van der Waals surface area contributed by atoms with Crippen molar-refractivity contribution < 1.29 is 23.8 Å². The third-order valence-electron chi connectivity index (χ3n) is 3.59. The van der Waals surface area contributed by atoms with Gasteiger partial charge in [0.05, 0.1) is 10.0 Å². The third-order valence-corrected chi connectivity index (χ3v) is 5.53. The second kappa shape index (κ2) is 7.05. The van der Waals surface area contributed by atoms with Crippen molar-refractivity contribution in [3.63, 3.8) is 0 Å². The van der Waals surface area contributed by atoms with Crippen LogP contribution in [0.2, 0.25) is 0 Å². The van der Waals surface area contributed by atoms with E-state index in [1.54, 1.807) is 30.3 Å². The van der Waals surface area contributed by atoms with Crippen LogP contribution in [0.3, 0.4) is 0 Å². The van der Waals surface area contributed by atoms with Crippen LogP contribution >= 0.6 is 31.9 Å². The minimum atomic E-state index is -1.40. The summed E-state index contributed by atoms with van der Waals surface area (Å²) >= 11 is 6.58. The molecule has 0 saturated carbocycles. The number of benzene rings is 2. The van der Waals surface area contributed by atoms with Crippen molar-refractivity contribution in [1.29, 1.82) is 0 Å². The first kappa shape index (κ1) is 18.3. The molecule has 0 radical (unpaired) electrons. The van der Waals surface area contributed by atoms with E-state index in [1.807, 2.05) is 6.92 Å². The Morgan fingerprint density at radius 3 is 2.38 bits per heavy atom. The van der Waals surface area contributed by atoms with Crippen LogP contribution in [-0.4, -0.2) is 17.0 Å². The summed E-state index contributed by atoms with van der Waals surface area (Å²) in [4.78, 5) is 35.4. The summed E-state index contributed by atoms with van der Waals surface area (Å²) in [6.45, 7) is 1.89. The fourth-order valence-electron chi connectivity index (χ4n) is 2.26. The maximum atomic E-state index is 12.4. The molecule has 1 aromatic heterocycles. The van der Waals surface area contributed by atoms with Gasteiger partial charge in [-0.05, 0) is 63.0 Å². The number of halogens is 2. The zero-order chi connectivity index (χ0) is 19.0. The minimum absolute atomic E-state index is 0.0195. The Hall–Kier alpha value is -2.45. The summed E-state index contributed by atoms with van der Waals surface area (Å²) in [7, 11) is 0. The summed E-state index contributed by atoms with van der Waals surface area (Å²) in [6, 6.07) is 9.49. The van der Waals surface area contributed by atoms with Gasteiger partial charge in [-0.1, -0.05) is 17.7 Å². The van der Waals surface area contributed by atoms with Gasteiger partial charge in [-0.25, -0.2) is 14.4 Å². The number of carboxylic acids is 1. The van der Waals surface area contributed by atoms with Gasteiger partial charge in [0.1, 0.15) is 5.56 Å². The molecule has 0 aliphatic carbocycles. The van der Waals surface area contributed by atoms with Crippen molar-refractivity contribution in [1.82, 2.24) is 0 Å². The summed E-state index contributed by atoms with van der Waals surface area (Å²) in [5.41, 5.74) is -0.270. The summed E-state index contributed by atoms with van der Waals surface area (Å²) in [5.74, 6) is -2.07. The number of ether oxygens (including phenoxy) is 1. The maximum Gasteiger partial charge on any atom is 0.351 e. The fraction of sp³-hybridized carbons (Fsp3) is 0.0556. The molecule has 2 aromatic carbocycles. The molecule has 0 saturated heterocycles. The molecule has 132 valence electrons. The number of carboxylic acid groups (broad SMARTS) is 1. The van der Waals surface area contributed by atoms with E-state index in [9.17, 15) is 14.4 Å².